The van der Waals surface area contributed by atoms with Crippen LogP contribution in [0.4, 0.5) is 4.39 Å². The van der Waals surface area contributed by atoms with Gasteiger partial charge < -0.3 is 14.6 Å². The number of aryl methyl sites for hydroxylation is 1. The molecule has 32 heavy (non-hydrogen) atoms. The molecule has 2 aromatic carbocycles. The van der Waals surface area contributed by atoms with Crippen molar-refractivity contribution in [2.75, 3.05) is 19.7 Å². The van der Waals surface area contributed by atoms with E-state index in [1.807, 2.05) is 41.4 Å². The van der Waals surface area contributed by atoms with E-state index in [0.29, 0.717) is 43.7 Å². The normalized spacial score (nSPS) is 16.4. The van der Waals surface area contributed by atoms with Crippen molar-refractivity contribution < 1.29 is 13.9 Å². The van der Waals surface area contributed by atoms with Gasteiger partial charge in [0.2, 0.25) is 5.91 Å². The van der Waals surface area contributed by atoms with Crippen molar-refractivity contribution >= 4 is 16.8 Å². The van der Waals surface area contributed by atoms with Crippen molar-refractivity contribution in [1.29, 1.82) is 0 Å². The van der Waals surface area contributed by atoms with Crippen molar-refractivity contribution in [3.8, 4) is 11.1 Å². The Morgan fingerprint density at radius 2 is 1.97 bits per heavy atom. The van der Waals surface area contributed by atoms with Gasteiger partial charge >= 0.3 is 0 Å². The van der Waals surface area contributed by atoms with Gasteiger partial charge in [-0.1, -0.05) is 42.5 Å². The lowest BCUT2D eigenvalue weighted by Crippen LogP contribution is -2.42. The molecule has 1 aliphatic rings. The number of pyridine rings is 1. The first-order valence-corrected chi connectivity index (χ1v) is 10.8. The number of rotatable bonds is 5. The number of H-pyrrole nitrogens is 1. The third-order valence-corrected chi connectivity index (χ3v) is 6.00. The molecular weight excluding hydrogens is 405 g/mol. The highest BCUT2D eigenvalue weighted by molar-refractivity contribution is 5.84. The number of benzene rings is 2. The van der Waals surface area contributed by atoms with Crippen molar-refractivity contribution in [3.63, 3.8) is 0 Å². The molecule has 0 bridgehead atoms. The van der Waals surface area contributed by atoms with E-state index >= 15 is 0 Å². The SMILES string of the molecule is O=C(CCc1c[nH]c2ccccc12)N1CCO[C@H](c2ccc(-c3ccccc3F)cn2)C1. The summed E-state index contributed by atoms with van der Waals surface area (Å²) < 4.78 is 19.9. The van der Waals surface area contributed by atoms with Crippen LogP contribution in [0, 0.1) is 5.82 Å². The first-order valence-electron chi connectivity index (χ1n) is 10.8. The molecule has 3 heterocycles. The molecule has 4 aromatic rings. The summed E-state index contributed by atoms with van der Waals surface area (Å²) in [6.45, 7) is 1.52. The van der Waals surface area contributed by atoms with E-state index in [4.69, 9.17) is 4.74 Å². The molecule has 1 N–H and O–H groups in total. The molecule has 1 amide bonds. The van der Waals surface area contributed by atoms with Crippen LogP contribution in [-0.4, -0.2) is 40.5 Å². The van der Waals surface area contributed by atoms with Crippen LogP contribution in [0.5, 0.6) is 0 Å². The molecule has 0 spiro atoms. The van der Waals surface area contributed by atoms with Gasteiger partial charge in [0.25, 0.3) is 0 Å². The van der Waals surface area contributed by atoms with E-state index in [2.05, 4.69) is 16.0 Å². The average molecular weight is 429 g/mol. The number of para-hydroxylation sites is 1. The van der Waals surface area contributed by atoms with Crippen LogP contribution in [0.1, 0.15) is 23.8 Å². The van der Waals surface area contributed by atoms with E-state index < -0.39 is 0 Å². The summed E-state index contributed by atoms with van der Waals surface area (Å²) in [5, 5.41) is 1.17. The second-order valence-electron chi connectivity index (χ2n) is 8.01. The molecule has 0 unspecified atom stereocenters. The van der Waals surface area contributed by atoms with Gasteiger partial charge in [-0.3, -0.25) is 9.78 Å². The molecule has 1 saturated heterocycles. The molecule has 162 valence electrons. The zero-order chi connectivity index (χ0) is 21.9. The van der Waals surface area contributed by atoms with Crippen molar-refractivity contribution in [1.82, 2.24) is 14.9 Å². The fraction of sp³-hybridized carbons (Fsp3) is 0.231. The Bertz CT molecular complexity index is 1240. The number of halogens is 1. The van der Waals surface area contributed by atoms with E-state index in [9.17, 15) is 9.18 Å². The third kappa shape index (κ3) is 4.14. The fourth-order valence-corrected chi connectivity index (χ4v) is 4.24. The maximum atomic E-state index is 14.0. The summed E-state index contributed by atoms with van der Waals surface area (Å²) in [5.41, 5.74) is 4.23. The Morgan fingerprint density at radius 3 is 2.81 bits per heavy atom. The number of aromatic amines is 1. The van der Waals surface area contributed by atoms with Gasteiger partial charge in [0, 0.05) is 47.4 Å². The fourth-order valence-electron chi connectivity index (χ4n) is 4.24. The van der Waals surface area contributed by atoms with Crippen LogP contribution in [0.2, 0.25) is 0 Å². The Morgan fingerprint density at radius 1 is 1.12 bits per heavy atom. The minimum Gasteiger partial charge on any atom is -0.368 e. The van der Waals surface area contributed by atoms with E-state index in [1.165, 1.54) is 11.5 Å². The molecule has 1 aliphatic heterocycles. The van der Waals surface area contributed by atoms with Crippen LogP contribution in [0.25, 0.3) is 22.0 Å². The van der Waals surface area contributed by atoms with E-state index in [1.54, 1.807) is 24.4 Å². The number of ether oxygens (including phenoxy) is 1. The zero-order valence-corrected chi connectivity index (χ0v) is 17.6. The maximum absolute atomic E-state index is 14.0. The number of hydrogen-bond acceptors (Lipinski definition) is 3. The highest BCUT2D eigenvalue weighted by Crippen LogP contribution is 2.26. The summed E-state index contributed by atoms with van der Waals surface area (Å²) in [6, 6.07) is 18.5. The number of amides is 1. The molecule has 0 aliphatic carbocycles. The number of carbonyl (C=O) groups is 1. The molecule has 1 fully saturated rings. The first kappa shape index (κ1) is 20.4. The largest absolute Gasteiger partial charge is 0.368 e. The lowest BCUT2D eigenvalue weighted by atomic mass is 10.1. The second-order valence-corrected chi connectivity index (χ2v) is 8.01. The van der Waals surface area contributed by atoms with Gasteiger partial charge in [-0.05, 0) is 30.2 Å². The summed E-state index contributed by atoms with van der Waals surface area (Å²) in [4.78, 5) is 22.5. The molecular formula is C26H24FN3O2. The molecule has 0 saturated carbocycles. The van der Waals surface area contributed by atoms with Gasteiger partial charge in [0.05, 0.1) is 18.8 Å². The van der Waals surface area contributed by atoms with Crippen LogP contribution < -0.4 is 0 Å². The molecule has 2 aromatic heterocycles. The third-order valence-electron chi connectivity index (χ3n) is 6.00. The van der Waals surface area contributed by atoms with Gasteiger partial charge in [-0.15, -0.1) is 0 Å². The predicted molar refractivity (Wildman–Crippen MR) is 122 cm³/mol. The quantitative estimate of drug-likeness (QED) is 0.491. The summed E-state index contributed by atoms with van der Waals surface area (Å²) in [5.74, 6) is -0.158. The number of nitrogens with zero attached hydrogens (tertiary/aromatic N) is 2. The molecule has 0 radical (unpaired) electrons. The topological polar surface area (TPSA) is 58.2 Å². The Balaban J connectivity index is 1.23. The lowest BCUT2D eigenvalue weighted by Gasteiger charge is -2.32. The van der Waals surface area contributed by atoms with Gasteiger partial charge in [0.15, 0.2) is 0 Å². The number of carbonyl (C=O) groups excluding carboxylic acids is 1. The standard InChI is InChI=1S/C26H24FN3O2/c27-22-7-3-1-5-20(22)18-9-11-24(29-15-18)25-17-30(13-14-32-25)26(31)12-10-19-16-28-23-8-4-2-6-21(19)23/h1-9,11,15-16,25,28H,10,12-14,17H2/t25-/m0/s1. The van der Waals surface area contributed by atoms with Crippen LogP contribution in [-0.2, 0) is 16.0 Å². The van der Waals surface area contributed by atoms with Crippen molar-refractivity contribution in [2.45, 2.75) is 18.9 Å². The molecule has 6 heteroatoms. The highest BCUT2D eigenvalue weighted by Gasteiger charge is 2.26. The van der Waals surface area contributed by atoms with Crippen molar-refractivity contribution in [3.05, 3.63) is 90.1 Å². The number of nitrogens with one attached hydrogen (secondary N) is 1. The number of morpholine rings is 1. The maximum Gasteiger partial charge on any atom is 0.223 e. The average Bonchev–Trinajstić information content (AvgIpc) is 3.26. The minimum atomic E-state index is -0.282. The molecule has 5 nitrogen and oxygen atoms in total. The first-order chi connectivity index (χ1) is 15.7. The molecule has 5 rings (SSSR count). The summed E-state index contributed by atoms with van der Waals surface area (Å²) in [6.07, 6.45) is 4.51. The van der Waals surface area contributed by atoms with Crippen LogP contribution >= 0.6 is 0 Å². The number of hydrogen-bond donors (Lipinski definition) is 1. The molecule has 1 atom stereocenters. The lowest BCUT2D eigenvalue weighted by molar-refractivity contribution is -0.139. The monoisotopic (exact) mass is 429 g/mol. The van der Waals surface area contributed by atoms with Gasteiger partial charge in [-0.25, -0.2) is 4.39 Å². The van der Waals surface area contributed by atoms with Crippen LogP contribution in [0.15, 0.2) is 73.1 Å². The van der Waals surface area contributed by atoms with Gasteiger partial charge in [0.1, 0.15) is 11.9 Å². The van der Waals surface area contributed by atoms with Crippen molar-refractivity contribution in [2.24, 2.45) is 0 Å². The zero-order valence-electron chi connectivity index (χ0n) is 17.6. The minimum absolute atomic E-state index is 0.117. The van der Waals surface area contributed by atoms with E-state index in [-0.39, 0.29) is 17.8 Å². The summed E-state index contributed by atoms with van der Waals surface area (Å²) in [7, 11) is 0. The highest BCUT2D eigenvalue weighted by atomic mass is 19.1. The predicted octanol–water partition coefficient (Wildman–Crippen LogP) is 4.90. The van der Waals surface area contributed by atoms with Crippen LogP contribution in [0.3, 0.4) is 0 Å². The Hall–Kier alpha value is -3.51. The Kier molecular flexibility index (Phi) is 5.69. The number of aromatic nitrogens is 2. The summed E-state index contributed by atoms with van der Waals surface area (Å²) >= 11 is 0. The smallest absolute Gasteiger partial charge is 0.223 e. The number of fused-ring (bicyclic) bond motifs is 1. The Labute approximate surface area is 185 Å². The van der Waals surface area contributed by atoms with Gasteiger partial charge in [-0.2, -0.15) is 0 Å². The second kappa shape index (κ2) is 8.93. The van der Waals surface area contributed by atoms with E-state index in [0.717, 1.165) is 16.8 Å².